The molecule has 1 fully saturated rings. The normalized spacial score (nSPS) is 23.0. The summed E-state index contributed by atoms with van der Waals surface area (Å²) in [6, 6.07) is 8.47. The zero-order valence-corrected chi connectivity index (χ0v) is 13.6. The molecular formula is C18H28N2O. The summed E-state index contributed by atoms with van der Waals surface area (Å²) in [7, 11) is 0. The van der Waals surface area contributed by atoms with Crippen LogP contribution < -0.4 is 5.32 Å². The molecule has 21 heavy (non-hydrogen) atoms. The van der Waals surface area contributed by atoms with Crippen molar-refractivity contribution in [2.75, 3.05) is 13.1 Å². The molecular weight excluding hydrogens is 260 g/mol. The van der Waals surface area contributed by atoms with Crippen molar-refractivity contribution in [1.82, 2.24) is 10.2 Å². The molecule has 116 valence electrons. The van der Waals surface area contributed by atoms with Crippen LogP contribution in [0.2, 0.25) is 0 Å². The smallest absolute Gasteiger partial charge is 0.219 e. The first kappa shape index (κ1) is 16.0. The minimum Gasteiger partial charge on any atom is -0.352 e. The van der Waals surface area contributed by atoms with E-state index in [1.807, 2.05) is 6.92 Å². The van der Waals surface area contributed by atoms with Crippen molar-refractivity contribution in [3.05, 3.63) is 35.4 Å². The maximum absolute atomic E-state index is 11.5. The zero-order chi connectivity index (χ0) is 15.2. The number of likely N-dealkylation sites (tertiary alicyclic amines) is 1. The van der Waals surface area contributed by atoms with E-state index in [0.29, 0.717) is 13.0 Å². The fourth-order valence-corrected chi connectivity index (χ4v) is 3.37. The Kier molecular flexibility index (Phi) is 5.80. The monoisotopic (exact) mass is 288 g/mol. The van der Waals surface area contributed by atoms with E-state index in [-0.39, 0.29) is 5.91 Å². The van der Waals surface area contributed by atoms with Crippen LogP contribution in [0.25, 0.3) is 0 Å². The Morgan fingerprint density at radius 1 is 1.19 bits per heavy atom. The van der Waals surface area contributed by atoms with Gasteiger partial charge in [-0.05, 0) is 29.4 Å². The molecule has 1 aliphatic rings. The largest absolute Gasteiger partial charge is 0.352 e. The lowest BCUT2D eigenvalue weighted by Crippen LogP contribution is -2.38. The highest BCUT2D eigenvalue weighted by Gasteiger charge is 2.22. The molecule has 0 bridgehead atoms. The predicted molar refractivity (Wildman–Crippen MR) is 86.8 cm³/mol. The van der Waals surface area contributed by atoms with E-state index in [0.717, 1.165) is 18.4 Å². The molecule has 0 unspecified atom stereocenters. The van der Waals surface area contributed by atoms with E-state index in [4.69, 9.17) is 0 Å². The van der Waals surface area contributed by atoms with Crippen LogP contribution >= 0.6 is 0 Å². The third kappa shape index (κ3) is 4.85. The van der Waals surface area contributed by atoms with Gasteiger partial charge in [0.1, 0.15) is 0 Å². The summed E-state index contributed by atoms with van der Waals surface area (Å²) in [5, 5.41) is 2.99. The van der Waals surface area contributed by atoms with Gasteiger partial charge in [-0.15, -0.1) is 0 Å². The second-order valence-electron chi connectivity index (χ2n) is 6.54. The maximum Gasteiger partial charge on any atom is 0.219 e. The molecule has 3 heteroatoms. The van der Waals surface area contributed by atoms with Crippen LogP contribution in [0.15, 0.2) is 24.3 Å². The van der Waals surface area contributed by atoms with Gasteiger partial charge < -0.3 is 5.32 Å². The van der Waals surface area contributed by atoms with E-state index >= 15 is 0 Å². The second-order valence-corrected chi connectivity index (χ2v) is 6.54. The fraction of sp³-hybridized carbons (Fsp3) is 0.611. The molecule has 0 aliphatic carbocycles. The number of nitrogens with one attached hydrogen (secondary N) is 1. The van der Waals surface area contributed by atoms with Crippen molar-refractivity contribution in [3.8, 4) is 0 Å². The van der Waals surface area contributed by atoms with Crippen molar-refractivity contribution < 1.29 is 4.79 Å². The Morgan fingerprint density at radius 3 is 2.43 bits per heavy atom. The van der Waals surface area contributed by atoms with Crippen molar-refractivity contribution in [1.29, 1.82) is 0 Å². The Labute approximate surface area is 128 Å². The molecule has 1 aliphatic heterocycles. The van der Waals surface area contributed by atoms with Gasteiger partial charge >= 0.3 is 0 Å². The number of hydrogen-bond acceptors (Lipinski definition) is 2. The summed E-state index contributed by atoms with van der Waals surface area (Å²) < 4.78 is 0. The molecule has 2 rings (SSSR count). The third-order valence-corrected chi connectivity index (χ3v) is 4.25. The quantitative estimate of drug-likeness (QED) is 0.902. The van der Waals surface area contributed by atoms with Gasteiger partial charge in [0.2, 0.25) is 5.91 Å². The molecule has 1 N–H and O–H groups in total. The lowest BCUT2D eigenvalue weighted by atomic mass is 9.91. The highest BCUT2D eigenvalue weighted by molar-refractivity contribution is 5.75. The van der Waals surface area contributed by atoms with Crippen molar-refractivity contribution in [2.45, 2.75) is 46.7 Å². The number of rotatable bonds is 5. The Bertz CT molecular complexity index is 462. The minimum atomic E-state index is 0.116. The number of hydrogen-bond donors (Lipinski definition) is 1. The van der Waals surface area contributed by atoms with Crippen LogP contribution in [0.5, 0.6) is 0 Å². The SMILES string of the molecule is CCC(=O)NCc1ccccc1CN1C[C@H](C)C[C@@H](C)C1. The Balaban J connectivity index is 2.00. The Hall–Kier alpha value is -1.35. The van der Waals surface area contributed by atoms with Crippen molar-refractivity contribution in [3.63, 3.8) is 0 Å². The summed E-state index contributed by atoms with van der Waals surface area (Å²) in [6.07, 6.45) is 1.88. The first-order valence-electron chi connectivity index (χ1n) is 8.14. The molecule has 1 amide bonds. The van der Waals surface area contributed by atoms with Gasteiger partial charge in [-0.25, -0.2) is 0 Å². The minimum absolute atomic E-state index is 0.116. The van der Waals surface area contributed by atoms with Crippen LogP contribution in [0.1, 0.15) is 44.7 Å². The first-order chi connectivity index (χ1) is 10.1. The lowest BCUT2D eigenvalue weighted by molar-refractivity contribution is -0.120. The molecule has 1 aromatic carbocycles. The number of nitrogens with zero attached hydrogens (tertiary/aromatic N) is 1. The zero-order valence-electron chi connectivity index (χ0n) is 13.6. The highest BCUT2D eigenvalue weighted by atomic mass is 16.1. The number of amides is 1. The molecule has 1 saturated heterocycles. The van der Waals surface area contributed by atoms with Crippen LogP contribution in [-0.2, 0) is 17.9 Å². The molecule has 1 heterocycles. The van der Waals surface area contributed by atoms with E-state index in [2.05, 4.69) is 48.3 Å². The van der Waals surface area contributed by atoms with Gasteiger partial charge in [0.15, 0.2) is 0 Å². The standard InChI is InChI=1S/C18H28N2O/c1-4-18(21)19-10-16-7-5-6-8-17(16)13-20-11-14(2)9-15(3)12-20/h5-8,14-15H,4,9-13H2,1-3H3,(H,19,21)/t14-,15-/m1/s1. The average Bonchev–Trinajstić information content (AvgIpc) is 2.45. The summed E-state index contributed by atoms with van der Waals surface area (Å²) >= 11 is 0. The number of benzene rings is 1. The summed E-state index contributed by atoms with van der Waals surface area (Å²) in [4.78, 5) is 14.0. The summed E-state index contributed by atoms with van der Waals surface area (Å²) in [5.41, 5.74) is 2.58. The number of carbonyl (C=O) groups excluding carboxylic acids is 1. The molecule has 2 atom stereocenters. The van der Waals surface area contributed by atoms with E-state index in [1.54, 1.807) is 0 Å². The number of carbonyl (C=O) groups is 1. The maximum atomic E-state index is 11.5. The van der Waals surface area contributed by atoms with Crippen LogP contribution in [-0.4, -0.2) is 23.9 Å². The summed E-state index contributed by atoms with van der Waals surface area (Å²) in [6.45, 7) is 10.6. The van der Waals surface area contributed by atoms with Crippen LogP contribution in [0.3, 0.4) is 0 Å². The van der Waals surface area contributed by atoms with Crippen molar-refractivity contribution >= 4 is 5.91 Å². The van der Waals surface area contributed by atoms with Gasteiger partial charge in [-0.3, -0.25) is 9.69 Å². The first-order valence-corrected chi connectivity index (χ1v) is 8.14. The lowest BCUT2D eigenvalue weighted by Gasteiger charge is -2.35. The highest BCUT2D eigenvalue weighted by Crippen LogP contribution is 2.23. The van der Waals surface area contributed by atoms with Gasteiger partial charge in [0.25, 0.3) is 0 Å². The van der Waals surface area contributed by atoms with Crippen LogP contribution in [0, 0.1) is 11.8 Å². The molecule has 0 aromatic heterocycles. The summed E-state index contributed by atoms with van der Waals surface area (Å²) in [5.74, 6) is 1.67. The van der Waals surface area contributed by atoms with Gasteiger partial charge in [0.05, 0.1) is 0 Å². The van der Waals surface area contributed by atoms with Gasteiger partial charge in [-0.1, -0.05) is 45.0 Å². The van der Waals surface area contributed by atoms with Gasteiger partial charge in [0, 0.05) is 32.6 Å². The van der Waals surface area contributed by atoms with E-state index in [9.17, 15) is 4.79 Å². The third-order valence-electron chi connectivity index (χ3n) is 4.25. The molecule has 1 aromatic rings. The average molecular weight is 288 g/mol. The molecule has 0 saturated carbocycles. The van der Waals surface area contributed by atoms with E-state index < -0.39 is 0 Å². The predicted octanol–water partition coefficient (Wildman–Crippen LogP) is 3.19. The topological polar surface area (TPSA) is 32.3 Å². The number of piperidine rings is 1. The van der Waals surface area contributed by atoms with Crippen molar-refractivity contribution in [2.24, 2.45) is 11.8 Å². The molecule has 0 radical (unpaired) electrons. The second kappa shape index (κ2) is 7.60. The fourth-order valence-electron chi connectivity index (χ4n) is 3.37. The molecule has 3 nitrogen and oxygen atoms in total. The van der Waals surface area contributed by atoms with E-state index in [1.165, 1.54) is 30.6 Å². The van der Waals surface area contributed by atoms with Crippen LogP contribution in [0.4, 0.5) is 0 Å². The van der Waals surface area contributed by atoms with Gasteiger partial charge in [-0.2, -0.15) is 0 Å². The Morgan fingerprint density at radius 2 is 1.81 bits per heavy atom. The molecule has 0 spiro atoms.